The molecule has 0 aromatic carbocycles. The maximum Gasteiger partial charge on any atom is 0.155 e. The van der Waals surface area contributed by atoms with E-state index in [-0.39, 0.29) is 10.8 Å². The third-order valence-corrected chi connectivity index (χ3v) is 8.51. The molecule has 0 heterocycles. The van der Waals surface area contributed by atoms with Crippen LogP contribution in [0.4, 0.5) is 0 Å². The lowest BCUT2D eigenvalue weighted by molar-refractivity contribution is -0.132. The van der Waals surface area contributed by atoms with Crippen LogP contribution in [-0.2, 0) is 9.59 Å². The van der Waals surface area contributed by atoms with Crippen LogP contribution in [0.15, 0.2) is 11.6 Å². The summed E-state index contributed by atoms with van der Waals surface area (Å²) in [5.41, 5.74) is 1.45. The van der Waals surface area contributed by atoms with Gasteiger partial charge in [-0.15, -0.1) is 0 Å². The number of alkyl halides is 1. The van der Waals surface area contributed by atoms with E-state index in [4.69, 9.17) is 0 Å². The molecule has 3 fully saturated rings. The summed E-state index contributed by atoms with van der Waals surface area (Å²) in [5.74, 6) is 2.67. The first-order chi connectivity index (χ1) is 10.4. The van der Waals surface area contributed by atoms with Crippen molar-refractivity contribution in [2.24, 2.45) is 28.6 Å². The molecule has 4 aliphatic carbocycles. The number of carbonyl (C=O) groups excluding carboxylic acids is 2. The van der Waals surface area contributed by atoms with Crippen molar-refractivity contribution < 1.29 is 9.59 Å². The van der Waals surface area contributed by atoms with Crippen LogP contribution in [0, 0.1) is 28.6 Å². The zero-order valence-corrected chi connectivity index (χ0v) is 15.1. The molecule has 6 atom stereocenters. The van der Waals surface area contributed by atoms with E-state index in [0.717, 1.165) is 38.5 Å². The molecule has 0 aliphatic heterocycles. The highest BCUT2D eigenvalue weighted by molar-refractivity contribution is 9.09. The van der Waals surface area contributed by atoms with Gasteiger partial charge in [-0.05, 0) is 66.9 Å². The maximum atomic E-state index is 12.4. The van der Waals surface area contributed by atoms with Gasteiger partial charge in [0.2, 0.25) is 0 Å². The van der Waals surface area contributed by atoms with E-state index in [1.54, 1.807) is 0 Å². The van der Waals surface area contributed by atoms with Gasteiger partial charge in [-0.1, -0.05) is 29.8 Å². The molecule has 0 amide bonds. The Morgan fingerprint density at radius 1 is 1.05 bits per heavy atom. The molecular weight excluding hydrogens is 340 g/mol. The van der Waals surface area contributed by atoms with E-state index in [1.165, 1.54) is 5.57 Å². The number of halogens is 1. The van der Waals surface area contributed by atoms with Crippen molar-refractivity contribution in [2.75, 3.05) is 0 Å². The second kappa shape index (κ2) is 4.78. The van der Waals surface area contributed by atoms with E-state index in [0.29, 0.717) is 40.6 Å². The summed E-state index contributed by atoms with van der Waals surface area (Å²) < 4.78 is 0. The van der Waals surface area contributed by atoms with Gasteiger partial charge in [-0.2, -0.15) is 0 Å². The molecule has 3 heteroatoms. The Hall–Kier alpha value is -0.440. The van der Waals surface area contributed by atoms with Crippen LogP contribution in [0.1, 0.15) is 58.8 Å². The highest BCUT2D eigenvalue weighted by Crippen LogP contribution is 2.65. The Kier molecular flexibility index (Phi) is 3.28. The lowest BCUT2D eigenvalue weighted by Crippen LogP contribution is -2.53. The summed E-state index contributed by atoms with van der Waals surface area (Å²) in [7, 11) is 0. The maximum absolute atomic E-state index is 12.4. The molecule has 0 N–H and O–H groups in total. The van der Waals surface area contributed by atoms with E-state index in [9.17, 15) is 9.59 Å². The third kappa shape index (κ3) is 1.84. The standard InChI is InChI=1S/C19H25BrO2/c1-18-7-5-11(21)9-15(18)16(20)10-12-13-3-4-17(22)19(13,2)8-6-14(12)18/h9,12-14,16H,3-8,10H2,1-2H3/t12?,13-,14-,16+,18+,19-/m0/s1. The van der Waals surface area contributed by atoms with Gasteiger partial charge in [-0.3, -0.25) is 9.59 Å². The summed E-state index contributed by atoms with van der Waals surface area (Å²) >= 11 is 3.88. The van der Waals surface area contributed by atoms with Crippen LogP contribution in [0.3, 0.4) is 0 Å². The zero-order chi connectivity index (χ0) is 15.7. The van der Waals surface area contributed by atoms with Crippen molar-refractivity contribution in [2.45, 2.75) is 63.6 Å². The number of carbonyl (C=O) groups is 2. The second-order valence-corrected chi connectivity index (χ2v) is 9.59. The Labute approximate surface area is 141 Å². The summed E-state index contributed by atoms with van der Waals surface area (Å²) in [6, 6.07) is 0. The summed E-state index contributed by atoms with van der Waals surface area (Å²) in [6.07, 6.45) is 8.83. The topological polar surface area (TPSA) is 34.1 Å². The van der Waals surface area contributed by atoms with Gasteiger partial charge in [0.15, 0.2) is 5.78 Å². The van der Waals surface area contributed by atoms with Gasteiger partial charge < -0.3 is 0 Å². The van der Waals surface area contributed by atoms with Crippen LogP contribution >= 0.6 is 15.9 Å². The normalized spacial score (nSPS) is 51.0. The van der Waals surface area contributed by atoms with Gasteiger partial charge in [0.25, 0.3) is 0 Å². The SMILES string of the molecule is C[C@]12CCC(=O)C=C1[C@H](Br)CC1[C@@H]2CC[C@]2(C)C(=O)CC[C@@H]12. The molecule has 0 aromatic rings. The predicted octanol–water partition coefficient (Wildman–Crippen LogP) is 4.46. The van der Waals surface area contributed by atoms with Crippen molar-refractivity contribution in [1.29, 1.82) is 0 Å². The van der Waals surface area contributed by atoms with Crippen LogP contribution < -0.4 is 0 Å². The molecule has 0 radical (unpaired) electrons. The second-order valence-electron chi connectivity index (χ2n) is 8.48. The molecule has 2 nitrogen and oxygen atoms in total. The molecule has 4 aliphatic rings. The molecule has 4 rings (SSSR count). The summed E-state index contributed by atoms with van der Waals surface area (Å²) in [4.78, 5) is 24.6. The van der Waals surface area contributed by atoms with Crippen molar-refractivity contribution in [3.8, 4) is 0 Å². The fourth-order valence-corrected chi connectivity index (χ4v) is 7.42. The average molecular weight is 365 g/mol. The molecule has 120 valence electrons. The minimum atomic E-state index is -0.0596. The minimum Gasteiger partial charge on any atom is -0.299 e. The molecule has 3 saturated carbocycles. The lowest BCUT2D eigenvalue weighted by atomic mass is 9.47. The number of hydrogen-bond donors (Lipinski definition) is 0. The number of ketones is 2. The number of hydrogen-bond acceptors (Lipinski definition) is 2. The summed E-state index contributed by atoms with van der Waals surface area (Å²) in [6.45, 7) is 4.61. The van der Waals surface area contributed by atoms with E-state index in [1.807, 2.05) is 6.08 Å². The minimum absolute atomic E-state index is 0.0596. The van der Waals surface area contributed by atoms with Crippen LogP contribution in [-0.4, -0.2) is 16.4 Å². The van der Waals surface area contributed by atoms with E-state index >= 15 is 0 Å². The molecule has 22 heavy (non-hydrogen) atoms. The molecule has 0 spiro atoms. The zero-order valence-electron chi connectivity index (χ0n) is 13.5. The first kappa shape index (κ1) is 15.1. The molecule has 0 saturated heterocycles. The van der Waals surface area contributed by atoms with Crippen molar-refractivity contribution in [1.82, 2.24) is 0 Å². The number of rotatable bonds is 0. The number of allylic oxidation sites excluding steroid dienone is 1. The fraction of sp³-hybridized carbons (Fsp3) is 0.789. The summed E-state index contributed by atoms with van der Waals surface area (Å²) in [5, 5.41) is 0. The van der Waals surface area contributed by atoms with Gasteiger partial charge in [0.1, 0.15) is 5.78 Å². The number of Topliss-reactive ketones (excluding diaryl/α,β-unsaturated/α-hetero) is 1. The lowest BCUT2D eigenvalue weighted by Gasteiger charge is -2.58. The van der Waals surface area contributed by atoms with Crippen molar-refractivity contribution in [3.05, 3.63) is 11.6 Å². The smallest absolute Gasteiger partial charge is 0.155 e. The first-order valence-corrected chi connectivity index (χ1v) is 9.70. The van der Waals surface area contributed by atoms with Crippen LogP contribution in [0.2, 0.25) is 0 Å². The van der Waals surface area contributed by atoms with Crippen LogP contribution in [0.5, 0.6) is 0 Å². The Morgan fingerprint density at radius 3 is 2.55 bits per heavy atom. The largest absolute Gasteiger partial charge is 0.299 e. The molecule has 1 unspecified atom stereocenters. The number of fused-ring (bicyclic) bond motifs is 5. The van der Waals surface area contributed by atoms with E-state index in [2.05, 4.69) is 29.8 Å². The highest BCUT2D eigenvalue weighted by Gasteiger charge is 2.60. The van der Waals surface area contributed by atoms with Gasteiger partial charge in [0, 0.05) is 23.1 Å². The van der Waals surface area contributed by atoms with Crippen molar-refractivity contribution in [3.63, 3.8) is 0 Å². The Balaban J connectivity index is 1.74. The van der Waals surface area contributed by atoms with E-state index < -0.39 is 0 Å². The fourth-order valence-electron chi connectivity index (χ4n) is 6.33. The quantitative estimate of drug-likeness (QED) is 0.594. The molecule has 0 bridgehead atoms. The average Bonchev–Trinajstić information content (AvgIpc) is 2.77. The van der Waals surface area contributed by atoms with Gasteiger partial charge in [-0.25, -0.2) is 0 Å². The van der Waals surface area contributed by atoms with Crippen molar-refractivity contribution >= 4 is 27.5 Å². The Morgan fingerprint density at radius 2 is 1.77 bits per heavy atom. The molecule has 0 aromatic heterocycles. The monoisotopic (exact) mass is 364 g/mol. The molecular formula is C19H25BrO2. The predicted molar refractivity (Wildman–Crippen MR) is 89.8 cm³/mol. The highest BCUT2D eigenvalue weighted by atomic mass is 79.9. The van der Waals surface area contributed by atoms with Gasteiger partial charge in [0.05, 0.1) is 0 Å². The first-order valence-electron chi connectivity index (χ1n) is 8.78. The van der Waals surface area contributed by atoms with Crippen LogP contribution in [0.25, 0.3) is 0 Å². The Bertz CT molecular complexity index is 580. The van der Waals surface area contributed by atoms with Gasteiger partial charge >= 0.3 is 0 Å². The third-order valence-electron chi connectivity index (χ3n) is 7.65.